The SMILES string of the molecule is CCCc1nc2ccccc2n1C(C)C(=O)NCCOC. The molecule has 2 aromatic rings. The van der Waals surface area contributed by atoms with Crippen LogP contribution in [0.3, 0.4) is 0 Å². The number of ether oxygens (including phenoxy) is 1. The molecule has 0 aliphatic heterocycles. The summed E-state index contributed by atoms with van der Waals surface area (Å²) in [4.78, 5) is 17.0. The molecule has 1 aromatic carbocycles. The van der Waals surface area contributed by atoms with Crippen molar-refractivity contribution in [2.75, 3.05) is 20.3 Å². The number of carbonyl (C=O) groups excluding carboxylic acids is 1. The molecule has 1 heterocycles. The average Bonchev–Trinajstić information content (AvgIpc) is 2.85. The van der Waals surface area contributed by atoms with Crippen molar-refractivity contribution in [3.8, 4) is 0 Å². The standard InChI is InChI=1S/C16H23N3O2/c1-4-7-15-18-13-8-5-6-9-14(13)19(15)12(2)16(20)17-10-11-21-3/h5-6,8-9,12H,4,7,10-11H2,1-3H3,(H,17,20). The zero-order valence-electron chi connectivity index (χ0n) is 12.9. The number of nitrogens with zero attached hydrogens (tertiary/aromatic N) is 2. The molecular formula is C16H23N3O2. The molecule has 0 aliphatic carbocycles. The predicted octanol–water partition coefficient (Wildman–Crippen LogP) is 2.31. The van der Waals surface area contributed by atoms with Crippen LogP contribution in [0.1, 0.15) is 32.1 Å². The minimum atomic E-state index is -0.282. The van der Waals surface area contributed by atoms with Crippen molar-refractivity contribution in [3.63, 3.8) is 0 Å². The molecule has 1 unspecified atom stereocenters. The third kappa shape index (κ3) is 3.42. The summed E-state index contributed by atoms with van der Waals surface area (Å²) < 4.78 is 7.00. The number of benzene rings is 1. The zero-order chi connectivity index (χ0) is 15.2. The first-order chi connectivity index (χ1) is 10.2. The minimum absolute atomic E-state index is 0.00689. The number of fused-ring (bicyclic) bond motifs is 1. The van der Waals surface area contributed by atoms with Crippen LogP contribution in [-0.4, -0.2) is 35.7 Å². The number of imidazole rings is 1. The number of nitrogens with one attached hydrogen (secondary N) is 1. The molecule has 0 saturated carbocycles. The molecule has 2 rings (SSSR count). The molecule has 1 N–H and O–H groups in total. The van der Waals surface area contributed by atoms with Crippen LogP contribution in [0.5, 0.6) is 0 Å². The first-order valence-electron chi connectivity index (χ1n) is 7.41. The summed E-state index contributed by atoms with van der Waals surface area (Å²) in [6, 6.07) is 7.67. The highest BCUT2D eigenvalue weighted by Crippen LogP contribution is 2.22. The van der Waals surface area contributed by atoms with E-state index in [4.69, 9.17) is 4.74 Å². The van der Waals surface area contributed by atoms with Crippen LogP contribution in [0.2, 0.25) is 0 Å². The van der Waals surface area contributed by atoms with Gasteiger partial charge in [-0.3, -0.25) is 4.79 Å². The molecule has 1 aromatic heterocycles. The summed E-state index contributed by atoms with van der Waals surface area (Å²) in [5.41, 5.74) is 1.95. The van der Waals surface area contributed by atoms with E-state index in [2.05, 4.69) is 17.2 Å². The quantitative estimate of drug-likeness (QED) is 0.796. The summed E-state index contributed by atoms with van der Waals surface area (Å²) in [5.74, 6) is 0.959. The molecule has 0 saturated heterocycles. The number of aryl methyl sites for hydroxylation is 1. The number of methoxy groups -OCH3 is 1. The molecule has 0 radical (unpaired) electrons. The van der Waals surface area contributed by atoms with E-state index in [1.165, 1.54) is 0 Å². The van der Waals surface area contributed by atoms with Crippen molar-refractivity contribution in [3.05, 3.63) is 30.1 Å². The maximum atomic E-state index is 12.3. The first kappa shape index (κ1) is 15.5. The summed E-state index contributed by atoms with van der Waals surface area (Å²) in [7, 11) is 1.62. The second-order valence-electron chi connectivity index (χ2n) is 5.10. The second kappa shape index (κ2) is 7.22. The van der Waals surface area contributed by atoms with E-state index in [0.29, 0.717) is 13.2 Å². The van der Waals surface area contributed by atoms with Gasteiger partial charge in [-0.2, -0.15) is 0 Å². The lowest BCUT2D eigenvalue weighted by Gasteiger charge is -2.17. The van der Waals surface area contributed by atoms with Crippen LogP contribution >= 0.6 is 0 Å². The summed E-state index contributed by atoms with van der Waals surface area (Å²) in [6.45, 7) is 5.07. The molecule has 0 fully saturated rings. The lowest BCUT2D eigenvalue weighted by Crippen LogP contribution is -2.33. The fourth-order valence-electron chi connectivity index (χ4n) is 2.47. The van der Waals surface area contributed by atoms with E-state index in [0.717, 1.165) is 29.7 Å². The van der Waals surface area contributed by atoms with Gasteiger partial charge in [0, 0.05) is 20.1 Å². The normalized spacial score (nSPS) is 12.5. The van der Waals surface area contributed by atoms with E-state index in [-0.39, 0.29) is 11.9 Å². The monoisotopic (exact) mass is 289 g/mol. The lowest BCUT2D eigenvalue weighted by atomic mass is 10.2. The topological polar surface area (TPSA) is 56.2 Å². The van der Waals surface area contributed by atoms with Gasteiger partial charge in [0.15, 0.2) is 0 Å². The highest BCUT2D eigenvalue weighted by molar-refractivity contribution is 5.84. The van der Waals surface area contributed by atoms with Gasteiger partial charge in [0.1, 0.15) is 11.9 Å². The number of rotatable bonds is 7. The third-order valence-corrected chi connectivity index (χ3v) is 3.51. The molecular weight excluding hydrogens is 266 g/mol. The number of hydrogen-bond acceptors (Lipinski definition) is 3. The van der Waals surface area contributed by atoms with E-state index in [1.54, 1.807) is 7.11 Å². The molecule has 0 aliphatic rings. The molecule has 114 valence electrons. The van der Waals surface area contributed by atoms with E-state index in [9.17, 15) is 4.79 Å². The van der Waals surface area contributed by atoms with Gasteiger partial charge in [0.25, 0.3) is 0 Å². The largest absolute Gasteiger partial charge is 0.383 e. The average molecular weight is 289 g/mol. The molecule has 1 atom stereocenters. The van der Waals surface area contributed by atoms with Crippen LogP contribution in [0.15, 0.2) is 24.3 Å². The van der Waals surface area contributed by atoms with E-state index in [1.807, 2.05) is 35.8 Å². The van der Waals surface area contributed by atoms with E-state index >= 15 is 0 Å². The Morgan fingerprint density at radius 3 is 2.90 bits per heavy atom. The van der Waals surface area contributed by atoms with Gasteiger partial charge in [0.2, 0.25) is 5.91 Å². The van der Waals surface area contributed by atoms with E-state index < -0.39 is 0 Å². The smallest absolute Gasteiger partial charge is 0.242 e. The number of hydrogen-bond donors (Lipinski definition) is 1. The third-order valence-electron chi connectivity index (χ3n) is 3.51. The highest BCUT2D eigenvalue weighted by atomic mass is 16.5. The van der Waals surface area contributed by atoms with Crippen molar-refractivity contribution in [1.29, 1.82) is 0 Å². The predicted molar refractivity (Wildman–Crippen MR) is 83.3 cm³/mol. The van der Waals surface area contributed by atoms with Crippen molar-refractivity contribution >= 4 is 16.9 Å². The van der Waals surface area contributed by atoms with Crippen molar-refractivity contribution in [2.45, 2.75) is 32.7 Å². The summed E-state index contributed by atoms with van der Waals surface area (Å²) in [6.07, 6.45) is 1.87. The van der Waals surface area contributed by atoms with Gasteiger partial charge in [-0.1, -0.05) is 19.1 Å². The second-order valence-corrected chi connectivity index (χ2v) is 5.10. The van der Waals surface area contributed by atoms with Gasteiger partial charge < -0.3 is 14.6 Å². The molecule has 21 heavy (non-hydrogen) atoms. The van der Waals surface area contributed by atoms with Crippen molar-refractivity contribution in [1.82, 2.24) is 14.9 Å². The summed E-state index contributed by atoms with van der Waals surface area (Å²) in [5, 5.41) is 2.89. The maximum Gasteiger partial charge on any atom is 0.242 e. The first-order valence-corrected chi connectivity index (χ1v) is 7.41. The minimum Gasteiger partial charge on any atom is -0.383 e. The van der Waals surface area contributed by atoms with Gasteiger partial charge in [-0.05, 0) is 25.5 Å². The van der Waals surface area contributed by atoms with Crippen LogP contribution in [0.25, 0.3) is 11.0 Å². The van der Waals surface area contributed by atoms with Gasteiger partial charge in [-0.15, -0.1) is 0 Å². The van der Waals surface area contributed by atoms with Crippen LogP contribution in [-0.2, 0) is 16.0 Å². The number of amides is 1. The Morgan fingerprint density at radius 2 is 2.19 bits per heavy atom. The Labute approximate surface area is 125 Å². The highest BCUT2D eigenvalue weighted by Gasteiger charge is 2.20. The van der Waals surface area contributed by atoms with Crippen LogP contribution in [0.4, 0.5) is 0 Å². The van der Waals surface area contributed by atoms with Gasteiger partial charge >= 0.3 is 0 Å². The van der Waals surface area contributed by atoms with Crippen LogP contribution in [0, 0.1) is 0 Å². The number of aromatic nitrogens is 2. The Bertz CT molecular complexity index is 607. The van der Waals surface area contributed by atoms with Crippen LogP contribution < -0.4 is 5.32 Å². The maximum absolute atomic E-state index is 12.3. The fraction of sp³-hybridized carbons (Fsp3) is 0.500. The fourth-order valence-corrected chi connectivity index (χ4v) is 2.47. The molecule has 0 bridgehead atoms. The molecule has 5 nitrogen and oxygen atoms in total. The lowest BCUT2D eigenvalue weighted by molar-refractivity contribution is -0.124. The zero-order valence-corrected chi connectivity index (χ0v) is 12.9. The Kier molecular flexibility index (Phi) is 5.33. The Morgan fingerprint density at radius 1 is 1.43 bits per heavy atom. The number of carbonyl (C=O) groups is 1. The molecule has 5 heteroatoms. The number of para-hydroxylation sites is 2. The van der Waals surface area contributed by atoms with Crippen molar-refractivity contribution < 1.29 is 9.53 Å². The molecule has 1 amide bonds. The van der Waals surface area contributed by atoms with Gasteiger partial charge in [-0.25, -0.2) is 4.98 Å². The van der Waals surface area contributed by atoms with Crippen molar-refractivity contribution in [2.24, 2.45) is 0 Å². The molecule has 0 spiro atoms. The Hall–Kier alpha value is -1.88. The van der Waals surface area contributed by atoms with Gasteiger partial charge in [0.05, 0.1) is 17.6 Å². The summed E-state index contributed by atoms with van der Waals surface area (Å²) >= 11 is 0. The Balaban J connectivity index is 2.29.